The molecule has 1 heterocycles. The summed E-state index contributed by atoms with van der Waals surface area (Å²) in [6.45, 7) is 3.77. The molecule has 1 aromatic carbocycles. The van der Waals surface area contributed by atoms with E-state index >= 15 is 0 Å². The van der Waals surface area contributed by atoms with Gasteiger partial charge in [-0.25, -0.2) is 0 Å². The van der Waals surface area contributed by atoms with E-state index in [-0.39, 0.29) is 0 Å². The van der Waals surface area contributed by atoms with Gasteiger partial charge in [-0.15, -0.1) is 0 Å². The van der Waals surface area contributed by atoms with Gasteiger partial charge >= 0.3 is 0 Å². The van der Waals surface area contributed by atoms with Gasteiger partial charge in [-0.3, -0.25) is 0 Å². The fourth-order valence-electron chi connectivity index (χ4n) is 2.19. The summed E-state index contributed by atoms with van der Waals surface area (Å²) in [6.07, 6.45) is 1.03. The van der Waals surface area contributed by atoms with E-state index in [4.69, 9.17) is 5.73 Å². The van der Waals surface area contributed by atoms with Crippen LogP contribution in [0.5, 0.6) is 0 Å². The van der Waals surface area contributed by atoms with Crippen molar-refractivity contribution in [2.45, 2.75) is 18.9 Å². The fourth-order valence-corrected chi connectivity index (χ4v) is 2.19. The Morgan fingerprint density at radius 3 is 2.60 bits per heavy atom. The Hall–Kier alpha value is -1.06. The molecule has 2 rings (SSSR count). The van der Waals surface area contributed by atoms with E-state index in [0.717, 1.165) is 30.8 Å². The van der Waals surface area contributed by atoms with Crippen molar-refractivity contribution < 1.29 is 5.11 Å². The first-order chi connectivity index (χ1) is 7.10. The normalized spacial score (nSPS) is 25.1. The Morgan fingerprint density at radius 1 is 1.40 bits per heavy atom. The maximum absolute atomic E-state index is 10.5. The smallest absolute Gasteiger partial charge is 0.0909 e. The van der Waals surface area contributed by atoms with E-state index < -0.39 is 5.60 Å². The monoisotopic (exact) mass is 206 g/mol. The van der Waals surface area contributed by atoms with E-state index in [1.165, 1.54) is 0 Å². The minimum Gasteiger partial charge on any atom is -0.399 e. The first kappa shape index (κ1) is 10.5. The summed E-state index contributed by atoms with van der Waals surface area (Å²) in [6, 6.07) is 7.50. The second-order valence-electron chi connectivity index (χ2n) is 4.46. The highest BCUT2D eigenvalue weighted by molar-refractivity contribution is 5.41. The lowest BCUT2D eigenvalue weighted by Gasteiger charge is -2.30. The zero-order chi connectivity index (χ0) is 10.9. The highest BCUT2D eigenvalue weighted by atomic mass is 16.3. The Bertz CT molecular complexity index is 326. The lowest BCUT2D eigenvalue weighted by atomic mass is 9.82. The summed E-state index contributed by atoms with van der Waals surface area (Å²) < 4.78 is 0. The molecule has 1 fully saturated rings. The summed E-state index contributed by atoms with van der Waals surface area (Å²) in [4.78, 5) is 0. The van der Waals surface area contributed by atoms with E-state index in [9.17, 15) is 5.11 Å². The fraction of sp³-hybridized carbons (Fsp3) is 0.500. The molecule has 2 atom stereocenters. The number of nitrogens with two attached hydrogens (primary N) is 1. The molecule has 4 N–H and O–H groups in total. The SMILES string of the molecule is CC(O)(c1ccc(N)cc1)C1CCNC1. The van der Waals surface area contributed by atoms with E-state index in [1.54, 1.807) is 0 Å². The summed E-state index contributed by atoms with van der Waals surface area (Å²) in [5, 5.41) is 13.8. The molecular formula is C12H18N2O. The third-order valence-corrected chi connectivity index (χ3v) is 3.35. The minimum atomic E-state index is -0.753. The molecule has 2 unspecified atom stereocenters. The molecule has 0 spiro atoms. The van der Waals surface area contributed by atoms with Gasteiger partial charge in [0.05, 0.1) is 5.60 Å². The zero-order valence-electron chi connectivity index (χ0n) is 9.03. The number of anilines is 1. The molecule has 0 radical (unpaired) electrons. The second-order valence-corrected chi connectivity index (χ2v) is 4.46. The van der Waals surface area contributed by atoms with Gasteiger partial charge in [-0.05, 0) is 37.6 Å². The minimum absolute atomic E-state index is 0.293. The van der Waals surface area contributed by atoms with Crippen LogP contribution in [0, 0.1) is 5.92 Å². The van der Waals surface area contributed by atoms with Crippen molar-refractivity contribution in [3.05, 3.63) is 29.8 Å². The molecule has 1 aromatic rings. The van der Waals surface area contributed by atoms with Crippen molar-refractivity contribution in [2.24, 2.45) is 5.92 Å². The van der Waals surface area contributed by atoms with Gasteiger partial charge in [0.25, 0.3) is 0 Å². The Balaban J connectivity index is 2.23. The van der Waals surface area contributed by atoms with Crippen molar-refractivity contribution in [1.82, 2.24) is 5.32 Å². The molecule has 3 heteroatoms. The van der Waals surface area contributed by atoms with Gasteiger partial charge in [0, 0.05) is 18.2 Å². The lowest BCUT2D eigenvalue weighted by molar-refractivity contribution is 0.00218. The topological polar surface area (TPSA) is 58.3 Å². The summed E-state index contributed by atoms with van der Waals surface area (Å²) in [7, 11) is 0. The van der Waals surface area contributed by atoms with Gasteiger partial charge in [0.15, 0.2) is 0 Å². The molecule has 1 saturated heterocycles. The van der Waals surface area contributed by atoms with Crippen LogP contribution < -0.4 is 11.1 Å². The average molecular weight is 206 g/mol. The third kappa shape index (κ3) is 1.98. The van der Waals surface area contributed by atoms with Crippen LogP contribution in [-0.4, -0.2) is 18.2 Å². The Kier molecular flexibility index (Phi) is 2.67. The quantitative estimate of drug-likeness (QED) is 0.635. The van der Waals surface area contributed by atoms with Gasteiger partial charge < -0.3 is 16.2 Å². The molecular weight excluding hydrogens is 188 g/mol. The number of hydrogen-bond acceptors (Lipinski definition) is 3. The first-order valence-corrected chi connectivity index (χ1v) is 5.40. The molecule has 0 aliphatic carbocycles. The van der Waals surface area contributed by atoms with Crippen LogP contribution in [0.3, 0.4) is 0 Å². The van der Waals surface area contributed by atoms with E-state index in [0.29, 0.717) is 5.92 Å². The van der Waals surface area contributed by atoms with Gasteiger partial charge in [-0.1, -0.05) is 12.1 Å². The predicted molar refractivity (Wildman–Crippen MR) is 61.4 cm³/mol. The van der Waals surface area contributed by atoms with Crippen LogP contribution in [0.25, 0.3) is 0 Å². The summed E-state index contributed by atoms with van der Waals surface area (Å²) in [5.74, 6) is 0.293. The lowest BCUT2D eigenvalue weighted by Crippen LogP contribution is -2.33. The van der Waals surface area contributed by atoms with Crippen LogP contribution in [0.1, 0.15) is 18.9 Å². The van der Waals surface area contributed by atoms with Crippen molar-refractivity contribution in [3.63, 3.8) is 0 Å². The van der Waals surface area contributed by atoms with Crippen LogP contribution in [0.4, 0.5) is 5.69 Å². The highest BCUT2D eigenvalue weighted by Crippen LogP contribution is 2.33. The van der Waals surface area contributed by atoms with Gasteiger partial charge in [0.1, 0.15) is 0 Å². The number of nitrogens with one attached hydrogen (secondary N) is 1. The molecule has 15 heavy (non-hydrogen) atoms. The third-order valence-electron chi connectivity index (χ3n) is 3.35. The van der Waals surface area contributed by atoms with E-state index in [2.05, 4.69) is 5.32 Å². The highest BCUT2D eigenvalue weighted by Gasteiger charge is 2.35. The maximum atomic E-state index is 10.5. The standard InChI is InChI=1S/C12H18N2O/c1-12(15,10-6-7-14-8-10)9-2-4-11(13)5-3-9/h2-5,10,14-15H,6-8,13H2,1H3. The van der Waals surface area contributed by atoms with Crippen molar-refractivity contribution in [3.8, 4) is 0 Å². The Labute approximate surface area is 90.3 Å². The maximum Gasteiger partial charge on any atom is 0.0909 e. The number of aliphatic hydroxyl groups is 1. The first-order valence-electron chi connectivity index (χ1n) is 5.40. The van der Waals surface area contributed by atoms with Crippen LogP contribution >= 0.6 is 0 Å². The summed E-state index contributed by atoms with van der Waals surface area (Å²) >= 11 is 0. The van der Waals surface area contributed by atoms with E-state index in [1.807, 2.05) is 31.2 Å². The molecule has 0 amide bonds. The molecule has 3 nitrogen and oxygen atoms in total. The van der Waals surface area contributed by atoms with Crippen LogP contribution in [0.15, 0.2) is 24.3 Å². The summed E-state index contributed by atoms with van der Waals surface area (Å²) in [5.41, 5.74) is 6.56. The Morgan fingerprint density at radius 2 is 2.07 bits per heavy atom. The number of benzene rings is 1. The van der Waals surface area contributed by atoms with Gasteiger partial charge in [-0.2, -0.15) is 0 Å². The zero-order valence-corrected chi connectivity index (χ0v) is 9.03. The van der Waals surface area contributed by atoms with Crippen LogP contribution in [-0.2, 0) is 5.60 Å². The van der Waals surface area contributed by atoms with Crippen LogP contribution in [0.2, 0.25) is 0 Å². The van der Waals surface area contributed by atoms with Crippen molar-refractivity contribution in [1.29, 1.82) is 0 Å². The average Bonchev–Trinajstić information content (AvgIpc) is 2.71. The molecule has 0 bridgehead atoms. The molecule has 0 saturated carbocycles. The van der Waals surface area contributed by atoms with Crippen molar-refractivity contribution in [2.75, 3.05) is 18.8 Å². The van der Waals surface area contributed by atoms with Crippen molar-refractivity contribution >= 4 is 5.69 Å². The molecule has 82 valence electrons. The number of rotatable bonds is 2. The largest absolute Gasteiger partial charge is 0.399 e. The molecule has 1 aliphatic heterocycles. The molecule has 0 aromatic heterocycles. The second kappa shape index (κ2) is 3.83. The predicted octanol–water partition coefficient (Wildman–Crippen LogP) is 1.09. The molecule has 1 aliphatic rings. The van der Waals surface area contributed by atoms with Gasteiger partial charge in [0.2, 0.25) is 0 Å². The number of hydrogen-bond donors (Lipinski definition) is 3. The number of nitrogen functional groups attached to an aromatic ring is 1.